The van der Waals surface area contributed by atoms with Gasteiger partial charge in [-0.25, -0.2) is 0 Å². The van der Waals surface area contributed by atoms with Crippen molar-refractivity contribution in [2.75, 3.05) is 24.7 Å². The van der Waals surface area contributed by atoms with E-state index in [1.54, 1.807) is 6.08 Å². The van der Waals surface area contributed by atoms with Gasteiger partial charge in [0.25, 0.3) is 5.88 Å². The molecule has 0 radical (unpaired) electrons. The lowest BCUT2D eigenvalue weighted by molar-refractivity contribution is 0.399. The predicted octanol–water partition coefficient (Wildman–Crippen LogP) is 1.06. The Morgan fingerprint density at radius 3 is 2.93 bits per heavy atom. The number of nitrogen functional groups attached to an aromatic ring is 1. The molecule has 0 spiro atoms. The van der Waals surface area contributed by atoms with Crippen molar-refractivity contribution >= 4 is 17.5 Å². The average Bonchev–Trinajstić information content (AvgIpc) is 2.25. The normalized spacial score (nSPS) is 9.40. The Hall–Kier alpha value is -2.18. The first-order valence-electron chi connectivity index (χ1n) is 4.12. The van der Waals surface area contributed by atoms with E-state index in [1.165, 1.54) is 7.11 Å². The van der Waals surface area contributed by atoms with Crippen LogP contribution in [0.3, 0.4) is 0 Å². The van der Waals surface area contributed by atoms with Gasteiger partial charge in [0.1, 0.15) is 0 Å². The van der Waals surface area contributed by atoms with Crippen molar-refractivity contribution in [3.05, 3.63) is 17.6 Å². The number of hydrogen-bond donors (Lipinski definition) is 2. The van der Waals surface area contributed by atoms with Crippen LogP contribution in [0.15, 0.2) is 17.8 Å². The Morgan fingerprint density at radius 1 is 1.67 bits per heavy atom. The van der Waals surface area contributed by atoms with E-state index in [4.69, 9.17) is 10.5 Å². The molecule has 1 aromatic rings. The van der Waals surface area contributed by atoms with Gasteiger partial charge >= 0.3 is 0 Å². The monoisotopic (exact) mass is 209 g/mol. The van der Waals surface area contributed by atoms with Crippen LogP contribution < -0.4 is 15.8 Å². The van der Waals surface area contributed by atoms with Crippen LogP contribution in [0.25, 0.3) is 0 Å². The van der Waals surface area contributed by atoms with E-state index in [9.17, 15) is 4.91 Å². The molecule has 1 aromatic heterocycles. The van der Waals surface area contributed by atoms with E-state index in [1.807, 2.05) is 0 Å². The molecule has 1 heterocycles. The summed E-state index contributed by atoms with van der Waals surface area (Å²) in [6.07, 6.45) is 1.61. The maximum absolute atomic E-state index is 10.6. The highest BCUT2D eigenvalue weighted by atomic mass is 16.5. The number of hydrogen-bond acceptors (Lipinski definition) is 7. The minimum absolute atomic E-state index is 0.00538. The molecule has 0 aliphatic rings. The summed E-state index contributed by atoms with van der Waals surface area (Å²) in [7, 11) is 1.37. The summed E-state index contributed by atoms with van der Waals surface area (Å²) in [6, 6.07) is 0. The molecule has 15 heavy (non-hydrogen) atoms. The molecular weight excluding hydrogens is 198 g/mol. The van der Waals surface area contributed by atoms with Crippen molar-refractivity contribution in [2.24, 2.45) is 5.18 Å². The van der Waals surface area contributed by atoms with Crippen LogP contribution in [0, 0.1) is 4.91 Å². The molecule has 1 rings (SSSR count). The fourth-order valence-electron chi connectivity index (χ4n) is 0.967. The summed E-state index contributed by atoms with van der Waals surface area (Å²) < 4.78 is 4.85. The van der Waals surface area contributed by atoms with Gasteiger partial charge in [0.15, 0.2) is 5.82 Å². The highest BCUT2D eigenvalue weighted by molar-refractivity contribution is 5.67. The van der Waals surface area contributed by atoms with Crippen LogP contribution in [0.5, 0.6) is 5.88 Å². The first kappa shape index (κ1) is 10.9. The number of aromatic nitrogens is 2. The summed E-state index contributed by atoms with van der Waals surface area (Å²) in [5.41, 5.74) is 5.41. The van der Waals surface area contributed by atoms with Crippen LogP contribution in [-0.4, -0.2) is 23.6 Å². The van der Waals surface area contributed by atoms with Crippen LogP contribution in [0.2, 0.25) is 0 Å². The molecule has 0 fully saturated rings. The summed E-state index contributed by atoms with van der Waals surface area (Å²) >= 11 is 0. The van der Waals surface area contributed by atoms with Crippen molar-refractivity contribution in [2.45, 2.75) is 0 Å². The van der Waals surface area contributed by atoms with Gasteiger partial charge in [0.05, 0.1) is 7.11 Å². The lowest BCUT2D eigenvalue weighted by Crippen LogP contribution is -2.05. The number of nitroso groups, excluding NO2 is 1. The molecule has 0 amide bonds. The Bertz CT molecular complexity index is 380. The molecule has 0 aliphatic heterocycles. The van der Waals surface area contributed by atoms with Gasteiger partial charge in [0.2, 0.25) is 11.6 Å². The molecule has 0 aliphatic carbocycles. The molecule has 0 saturated heterocycles. The summed E-state index contributed by atoms with van der Waals surface area (Å²) in [5.74, 6) is 0.282. The topological polar surface area (TPSA) is 102 Å². The molecule has 0 atom stereocenters. The number of rotatable bonds is 5. The molecule has 0 unspecified atom stereocenters. The summed E-state index contributed by atoms with van der Waals surface area (Å²) in [6.45, 7) is 3.95. The first-order valence-corrected chi connectivity index (χ1v) is 4.12. The largest absolute Gasteiger partial charge is 0.479 e. The second-order valence-electron chi connectivity index (χ2n) is 2.55. The Balaban J connectivity index is 3.15. The van der Waals surface area contributed by atoms with Crippen molar-refractivity contribution in [1.82, 2.24) is 9.97 Å². The molecule has 7 heteroatoms. The van der Waals surface area contributed by atoms with Crippen molar-refractivity contribution in [3.8, 4) is 5.88 Å². The van der Waals surface area contributed by atoms with E-state index >= 15 is 0 Å². The maximum atomic E-state index is 10.6. The zero-order valence-electron chi connectivity index (χ0n) is 8.23. The van der Waals surface area contributed by atoms with Gasteiger partial charge in [-0.1, -0.05) is 6.08 Å². The van der Waals surface area contributed by atoms with Crippen LogP contribution in [-0.2, 0) is 0 Å². The third-order valence-corrected chi connectivity index (χ3v) is 1.57. The number of nitrogens with one attached hydrogen (secondary N) is 1. The Kier molecular flexibility index (Phi) is 3.55. The fraction of sp³-hybridized carbons (Fsp3) is 0.250. The second-order valence-corrected chi connectivity index (χ2v) is 2.55. The SMILES string of the molecule is C=CCNc1nc(N)nc(OC)c1N=O. The smallest absolute Gasteiger partial charge is 0.250 e. The van der Waals surface area contributed by atoms with Gasteiger partial charge in [-0.15, -0.1) is 11.5 Å². The molecular formula is C8H11N5O2. The molecule has 7 nitrogen and oxygen atoms in total. The highest BCUT2D eigenvalue weighted by Gasteiger charge is 2.14. The van der Waals surface area contributed by atoms with Gasteiger partial charge in [-0.05, 0) is 5.18 Å². The summed E-state index contributed by atoms with van der Waals surface area (Å²) in [4.78, 5) is 18.1. The van der Waals surface area contributed by atoms with Crippen LogP contribution >= 0.6 is 0 Å². The number of anilines is 2. The third kappa shape index (κ3) is 2.39. The van der Waals surface area contributed by atoms with Gasteiger partial charge in [-0.3, -0.25) is 0 Å². The molecule has 0 bridgehead atoms. The highest BCUT2D eigenvalue weighted by Crippen LogP contribution is 2.32. The van der Waals surface area contributed by atoms with E-state index < -0.39 is 0 Å². The second kappa shape index (κ2) is 4.89. The lowest BCUT2D eigenvalue weighted by Gasteiger charge is -2.08. The molecule has 0 saturated carbocycles. The fourth-order valence-corrected chi connectivity index (χ4v) is 0.967. The number of ether oxygens (including phenoxy) is 1. The minimum atomic E-state index is -0.00597. The number of nitrogens with zero attached hydrogens (tertiary/aromatic N) is 3. The maximum Gasteiger partial charge on any atom is 0.250 e. The van der Waals surface area contributed by atoms with E-state index in [2.05, 4.69) is 27.0 Å². The number of nitrogens with two attached hydrogens (primary N) is 1. The van der Waals surface area contributed by atoms with Crippen LogP contribution in [0.4, 0.5) is 17.5 Å². The van der Waals surface area contributed by atoms with Crippen molar-refractivity contribution in [3.63, 3.8) is 0 Å². The van der Waals surface area contributed by atoms with Gasteiger partial charge in [-0.2, -0.15) is 9.97 Å². The van der Waals surface area contributed by atoms with Crippen molar-refractivity contribution < 1.29 is 4.74 Å². The molecule has 80 valence electrons. The Labute approximate surface area is 86.3 Å². The Morgan fingerprint density at radius 2 is 2.40 bits per heavy atom. The van der Waals surface area contributed by atoms with E-state index in [-0.39, 0.29) is 23.3 Å². The lowest BCUT2D eigenvalue weighted by atomic mass is 10.4. The zero-order chi connectivity index (χ0) is 11.3. The van der Waals surface area contributed by atoms with Crippen molar-refractivity contribution in [1.29, 1.82) is 0 Å². The molecule has 3 N–H and O–H groups in total. The van der Waals surface area contributed by atoms with E-state index in [0.29, 0.717) is 6.54 Å². The number of methoxy groups -OCH3 is 1. The average molecular weight is 209 g/mol. The minimum Gasteiger partial charge on any atom is -0.479 e. The zero-order valence-corrected chi connectivity index (χ0v) is 8.23. The predicted molar refractivity (Wildman–Crippen MR) is 57.1 cm³/mol. The molecule has 0 aromatic carbocycles. The summed E-state index contributed by atoms with van der Waals surface area (Å²) in [5, 5.41) is 5.59. The van der Waals surface area contributed by atoms with Gasteiger partial charge in [0, 0.05) is 6.54 Å². The quantitative estimate of drug-likeness (QED) is 0.555. The third-order valence-electron chi connectivity index (χ3n) is 1.57. The standard InChI is InChI=1S/C8H11N5O2/c1-3-4-10-6-5(13-14)7(15-2)12-8(9)11-6/h3H,1,4H2,2H3,(H3,9,10,11,12). The first-order chi connectivity index (χ1) is 7.22. The van der Waals surface area contributed by atoms with Crippen LogP contribution in [0.1, 0.15) is 0 Å². The van der Waals surface area contributed by atoms with Gasteiger partial charge < -0.3 is 15.8 Å². The van der Waals surface area contributed by atoms with E-state index in [0.717, 1.165) is 0 Å².